The monoisotopic (exact) mass is 253 g/mol. The van der Waals surface area contributed by atoms with E-state index in [0.717, 1.165) is 12.1 Å². The van der Waals surface area contributed by atoms with Crippen molar-refractivity contribution in [2.24, 2.45) is 0 Å². The van der Waals surface area contributed by atoms with Crippen LogP contribution >= 0.6 is 0 Å². The van der Waals surface area contributed by atoms with E-state index in [9.17, 15) is 4.79 Å². The summed E-state index contributed by atoms with van der Waals surface area (Å²) < 4.78 is 6.76. The maximum atomic E-state index is 11.9. The molecule has 0 fully saturated rings. The summed E-state index contributed by atoms with van der Waals surface area (Å²) in [5.41, 5.74) is 0.438. The van der Waals surface area contributed by atoms with Crippen molar-refractivity contribution in [2.45, 2.75) is 45.7 Å². The molecule has 2 unspecified atom stereocenters. The van der Waals surface area contributed by atoms with Crippen LogP contribution in [0.25, 0.3) is 0 Å². The minimum absolute atomic E-state index is 0.127. The Kier molecular flexibility index (Phi) is 4.90. The lowest BCUT2D eigenvalue weighted by Crippen LogP contribution is -2.51. The first kappa shape index (κ1) is 14.7. The topological polar surface area (TPSA) is 56.2 Å². The van der Waals surface area contributed by atoms with Crippen LogP contribution in [0.15, 0.2) is 12.4 Å². The minimum Gasteiger partial charge on any atom is -0.468 e. The number of rotatable bonds is 6. The van der Waals surface area contributed by atoms with Gasteiger partial charge in [0.2, 0.25) is 0 Å². The molecule has 0 radical (unpaired) electrons. The number of carbonyl (C=O) groups excluding carboxylic acids is 1. The summed E-state index contributed by atoms with van der Waals surface area (Å²) in [6.45, 7) is 8.61. The molecule has 1 aromatic heterocycles. The van der Waals surface area contributed by atoms with Crippen LogP contribution in [0.4, 0.5) is 0 Å². The summed E-state index contributed by atoms with van der Waals surface area (Å²) in [6.07, 6.45) is 4.43. The number of esters is 1. The van der Waals surface area contributed by atoms with Crippen LogP contribution in [-0.2, 0) is 9.53 Å². The largest absolute Gasteiger partial charge is 0.468 e. The van der Waals surface area contributed by atoms with E-state index >= 15 is 0 Å². The number of likely N-dealkylation sites (N-methyl/N-ethyl adjacent to an activating group) is 1. The molecule has 0 saturated heterocycles. The molecule has 0 spiro atoms. The van der Waals surface area contributed by atoms with Gasteiger partial charge in [-0.05, 0) is 39.3 Å². The first-order valence-electron chi connectivity index (χ1n) is 6.27. The molecule has 1 heterocycles. The second-order valence-corrected chi connectivity index (χ2v) is 4.90. The number of hydrogen-bond donors (Lipinski definition) is 1. The Hall–Kier alpha value is -1.36. The molecule has 1 aromatic rings. The van der Waals surface area contributed by atoms with Crippen LogP contribution in [0, 0.1) is 6.92 Å². The molecule has 102 valence electrons. The third-order valence-corrected chi connectivity index (χ3v) is 3.09. The highest BCUT2D eigenvalue weighted by atomic mass is 16.5. The van der Waals surface area contributed by atoms with E-state index in [2.05, 4.69) is 10.4 Å². The third kappa shape index (κ3) is 3.32. The van der Waals surface area contributed by atoms with Crippen LogP contribution in [0.3, 0.4) is 0 Å². The van der Waals surface area contributed by atoms with E-state index in [-0.39, 0.29) is 12.0 Å². The number of nitrogens with one attached hydrogen (secondary N) is 1. The fraction of sp³-hybridized carbons (Fsp3) is 0.692. The number of hydrogen-bond acceptors (Lipinski definition) is 4. The SMILES string of the molecule is CCNC(C)(CC(C)n1cc(C)cn1)C(=O)OC. The summed E-state index contributed by atoms with van der Waals surface area (Å²) in [6, 6.07) is 0.127. The van der Waals surface area contributed by atoms with Crippen molar-refractivity contribution in [3.05, 3.63) is 18.0 Å². The lowest BCUT2D eigenvalue weighted by Gasteiger charge is -2.30. The maximum absolute atomic E-state index is 11.9. The molecule has 18 heavy (non-hydrogen) atoms. The molecule has 1 rings (SSSR count). The molecule has 5 nitrogen and oxygen atoms in total. The number of aryl methyl sites for hydroxylation is 1. The quantitative estimate of drug-likeness (QED) is 0.784. The molecule has 0 aromatic carbocycles. The highest BCUT2D eigenvalue weighted by Gasteiger charge is 2.35. The third-order valence-electron chi connectivity index (χ3n) is 3.09. The molecule has 2 atom stereocenters. The van der Waals surface area contributed by atoms with Crippen molar-refractivity contribution in [2.75, 3.05) is 13.7 Å². The predicted molar refractivity (Wildman–Crippen MR) is 70.4 cm³/mol. The molecular weight excluding hydrogens is 230 g/mol. The predicted octanol–water partition coefficient (Wildman–Crippen LogP) is 1.68. The van der Waals surface area contributed by atoms with E-state index in [1.54, 1.807) is 0 Å². The van der Waals surface area contributed by atoms with E-state index in [1.165, 1.54) is 7.11 Å². The zero-order valence-corrected chi connectivity index (χ0v) is 11.9. The van der Waals surface area contributed by atoms with E-state index in [4.69, 9.17) is 4.74 Å². The van der Waals surface area contributed by atoms with E-state index < -0.39 is 5.54 Å². The van der Waals surface area contributed by atoms with Gasteiger partial charge in [-0.1, -0.05) is 6.92 Å². The van der Waals surface area contributed by atoms with Gasteiger partial charge in [0.05, 0.1) is 19.3 Å². The molecule has 0 amide bonds. The smallest absolute Gasteiger partial charge is 0.325 e. The van der Waals surface area contributed by atoms with Gasteiger partial charge < -0.3 is 10.1 Å². The summed E-state index contributed by atoms with van der Waals surface area (Å²) in [7, 11) is 1.42. The zero-order valence-electron chi connectivity index (χ0n) is 11.9. The van der Waals surface area contributed by atoms with Crippen molar-refractivity contribution < 1.29 is 9.53 Å². The Morgan fingerprint density at radius 2 is 2.33 bits per heavy atom. The normalized spacial score (nSPS) is 16.1. The second kappa shape index (κ2) is 6.00. The Labute approximate surface area is 109 Å². The summed E-state index contributed by atoms with van der Waals surface area (Å²) in [5, 5.41) is 7.48. The first-order chi connectivity index (χ1) is 8.42. The molecule has 0 aliphatic carbocycles. The molecule has 1 N–H and O–H groups in total. The molecular formula is C13H23N3O2. The molecule has 0 aliphatic heterocycles. The Bertz CT molecular complexity index is 403. The van der Waals surface area contributed by atoms with Crippen LogP contribution < -0.4 is 5.32 Å². The Balaban J connectivity index is 2.80. The van der Waals surface area contributed by atoms with Crippen LogP contribution in [-0.4, -0.2) is 34.9 Å². The molecule has 0 saturated carbocycles. The van der Waals surface area contributed by atoms with Gasteiger partial charge in [-0.25, -0.2) is 0 Å². The zero-order chi connectivity index (χ0) is 13.8. The summed E-state index contributed by atoms with van der Waals surface area (Å²) in [4.78, 5) is 11.9. The van der Waals surface area contributed by atoms with Gasteiger partial charge >= 0.3 is 5.97 Å². The van der Waals surface area contributed by atoms with Crippen molar-refractivity contribution in [3.8, 4) is 0 Å². The number of ether oxygens (including phenoxy) is 1. The van der Waals surface area contributed by atoms with Gasteiger partial charge in [-0.3, -0.25) is 9.48 Å². The highest BCUT2D eigenvalue weighted by molar-refractivity contribution is 5.80. The Morgan fingerprint density at radius 3 is 2.78 bits per heavy atom. The summed E-state index contributed by atoms with van der Waals surface area (Å²) >= 11 is 0. The van der Waals surface area contributed by atoms with Crippen molar-refractivity contribution in [1.29, 1.82) is 0 Å². The average molecular weight is 253 g/mol. The molecule has 5 heteroatoms. The number of carbonyl (C=O) groups is 1. The second-order valence-electron chi connectivity index (χ2n) is 4.90. The summed E-state index contributed by atoms with van der Waals surface area (Å²) in [5.74, 6) is -0.236. The number of aromatic nitrogens is 2. The van der Waals surface area contributed by atoms with Crippen molar-refractivity contribution in [1.82, 2.24) is 15.1 Å². The highest BCUT2D eigenvalue weighted by Crippen LogP contribution is 2.22. The number of methoxy groups -OCH3 is 1. The van der Waals surface area contributed by atoms with Crippen molar-refractivity contribution >= 4 is 5.97 Å². The first-order valence-corrected chi connectivity index (χ1v) is 6.27. The van der Waals surface area contributed by atoms with Gasteiger partial charge in [-0.15, -0.1) is 0 Å². The standard InChI is InChI=1S/C13H23N3O2/c1-6-14-13(4,12(17)18-5)7-11(3)16-9-10(2)8-15-16/h8-9,11,14H,6-7H2,1-5H3. The minimum atomic E-state index is -0.678. The van der Waals surface area contributed by atoms with E-state index in [0.29, 0.717) is 6.42 Å². The lowest BCUT2D eigenvalue weighted by atomic mass is 9.93. The fourth-order valence-corrected chi connectivity index (χ4v) is 2.20. The van der Waals surface area contributed by atoms with Gasteiger partial charge in [0.25, 0.3) is 0 Å². The Morgan fingerprint density at radius 1 is 1.67 bits per heavy atom. The van der Waals surface area contributed by atoms with Crippen LogP contribution in [0.1, 0.15) is 38.8 Å². The maximum Gasteiger partial charge on any atom is 0.325 e. The van der Waals surface area contributed by atoms with E-state index in [1.807, 2.05) is 44.8 Å². The fourth-order valence-electron chi connectivity index (χ4n) is 2.20. The molecule has 0 aliphatic rings. The molecule has 0 bridgehead atoms. The van der Waals surface area contributed by atoms with Gasteiger partial charge in [0.1, 0.15) is 5.54 Å². The van der Waals surface area contributed by atoms with Gasteiger partial charge in [0, 0.05) is 6.20 Å². The van der Waals surface area contributed by atoms with Crippen molar-refractivity contribution in [3.63, 3.8) is 0 Å². The van der Waals surface area contributed by atoms with Gasteiger partial charge in [-0.2, -0.15) is 5.10 Å². The van der Waals surface area contributed by atoms with Crippen LogP contribution in [0.2, 0.25) is 0 Å². The van der Waals surface area contributed by atoms with Gasteiger partial charge in [0.15, 0.2) is 0 Å². The lowest BCUT2D eigenvalue weighted by molar-refractivity contribution is -0.148. The number of nitrogens with zero attached hydrogens (tertiary/aromatic N) is 2. The average Bonchev–Trinajstić information content (AvgIpc) is 2.75. The van der Waals surface area contributed by atoms with Crippen LogP contribution in [0.5, 0.6) is 0 Å².